The summed E-state index contributed by atoms with van der Waals surface area (Å²) in [6, 6.07) is 10.1. The van der Waals surface area contributed by atoms with Crippen molar-refractivity contribution in [3.63, 3.8) is 0 Å². The molecule has 22 heavy (non-hydrogen) atoms. The van der Waals surface area contributed by atoms with Crippen LogP contribution in [0.5, 0.6) is 0 Å². The van der Waals surface area contributed by atoms with E-state index >= 15 is 0 Å². The first kappa shape index (κ1) is 17.3. The molecule has 0 atom stereocenters. The van der Waals surface area contributed by atoms with Crippen LogP contribution < -0.4 is 0 Å². The second kappa shape index (κ2) is 6.60. The minimum atomic E-state index is -0.657. The lowest BCUT2D eigenvalue weighted by molar-refractivity contribution is 0.0775. The maximum absolute atomic E-state index is 6.22. The molecule has 2 aromatic rings. The van der Waals surface area contributed by atoms with Gasteiger partial charge in [0, 0.05) is 4.90 Å². The lowest BCUT2D eigenvalue weighted by atomic mass is 10.1. The molecule has 0 spiro atoms. The van der Waals surface area contributed by atoms with Crippen LogP contribution in [0, 0.1) is 6.92 Å². The number of oxazole rings is 1. The number of rotatable bonds is 5. The van der Waals surface area contributed by atoms with Crippen LogP contribution in [-0.4, -0.2) is 14.7 Å². The maximum Gasteiger partial charge on any atom is 0.261 e. The summed E-state index contributed by atoms with van der Waals surface area (Å²) in [5.74, 6) is 0.836. The highest BCUT2D eigenvalue weighted by Crippen LogP contribution is 2.35. The first-order valence-corrected chi connectivity index (χ1v) is 9.62. The van der Waals surface area contributed by atoms with Crippen LogP contribution in [0.3, 0.4) is 0 Å². The van der Waals surface area contributed by atoms with Gasteiger partial charge in [0.05, 0.1) is 5.69 Å². The van der Waals surface area contributed by atoms with Crippen molar-refractivity contribution in [2.45, 2.75) is 62.3 Å². The highest BCUT2D eigenvalue weighted by Gasteiger charge is 2.30. The van der Waals surface area contributed by atoms with Gasteiger partial charge in [-0.1, -0.05) is 39.0 Å². The lowest BCUT2D eigenvalue weighted by Gasteiger charge is -2.28. The Labute approximate surface area is 139 Å². The van der Waals surface area contributed by atoms with Crippen molar-refractivity contribution in [1.29, 1.82) is 0 Å². The number of hydrogen-bond donors (Lipinski definition) is 0. The molecule has 0 bridgehead atoms. The smallest absolute Gasteiger partial charge is 0.261 e. The molecule has 0 fully saturated rings. The van der Waals surface area contributed by atoms with Crippen LogP contribution in [-0.2, 0) is 10.0 Å². The zero-order valence-corrected chi connectivity index (χ0v) is 16.5. The third kappa shape index (κ3) is 4.73. The van der Waals surface area contributed by atoms with Gasteiger partial charge in [-0.15, -0.1) is 0 Å². The predicted molar refractivity (Wildman–Crippen MR) is 94.2 cm³/mol. The minimum Gasteiger partial charge on any atom is -0.433 e. The largest absolute Gasteiger partial charge is 0.433 e. The van der Waals surface area contributed by atoms with E-state index in [9.17, 15) is 0 Å². The van der Waals surface area contributed by atoms with Crippen LogP contribution in [0.2, 0.25) is 5.04 Å². The summed E-state index contributed by atoms with van der Waals surface area (Å²) in [6.45, 7) is 12.8. The van der Waals surface area contributed by atoms with Crippen LogP contribution in [0.15, 0.2) is 44.9 Å². The van der Waals surface area contributed by atoms with Crippen LogP contribution in [0.25, 0.3) is 0 Å². The minimum absolute atomic E-state index is 0.257. The molecular formula is C17H25NO2SSi. The van der Waals surface area contributed by atoms with E-state index in [1.165, 1.54) is 0 Å². The van der Waals surface area contributed by atoms with Crippen molar-refractivity contribution < 1.29 is 8.84 Å². The van der Waals surface area contributed by atoms with E-state index in [0.717, 1.165) is 16.3 Å². The zero-order valence-electron chi connectivity index (χ0n) is 14.3. The first-order chi connectivity index (χ1) is 10.2. The normalized spacial score (nSPS) is 13.2. The van der Waals surface area contributed by atoms with Gasteiger partial charge in [-0.25, -0.2) is 4.98 Å². The monoisotopic (exact) mass is 335 g/mol. The molecule has 0 aliphatic carbocycles. The summed E-state index contributed by atoms with van der Waals surface area (Å²) in [5, 5.41) is 0.931. The van der Waals surface area contributed by atoms with Crippen LogP contribution in [0.1, 0.15) is 46.1 Å². The molecule has 5 heteroatoms. The summed E-state index contributed by atoms with van der Waals surface area (Å²) < 4.78 is 12.2. The van der Waals surface area contributed by atoms with Gasteiger partial charge in [-0.05, 0) is 49.7 Å². The molecule has 120 valence electrons. The molecule has 0 amide bonds. The van der Waals surface area contributed by atoms with E-state index in [-0.39, 0.29) is 5.04 Å². The van der Waals surface area contributed by atoms with Crippen molar-refractivity contribution in [3.8, 4) is 0 Å². The van der Waals surface area contributed by atoms with E-state index < -0.39 is 15.4 Å². The van der Waals surface area contributed by atoms with Gasteiger partial charge in [0.25, 0.3) is 5.22 Å². The highest BCUT2D eigenvalue weighted by molar-refractivity contribution is 7.99. The van der Waals surface area contributed by atoms with Gasteiger partial charge in [0.1, 0.15) is 5.60 Å². The van der Waals surface area contributed by atoms with Gasteiger partial charge >= 0.3 is 0 Å². The Kier molecular flexibility index (Phi) is 5.20. The van der Waals surface area contributed by atoms with Crippen molar-refractivity contribution >= 4 is 21.5 Å². The summed E-state index contributed by atoms with van der Waals surface area (Å²) in [5.41, 5.74) is 0.484. The summed E-state index contributed by atoms with van der Waals surface area (Å²) in [6.07, 6.45) is 0. The molecule has 1 aromatic heterocycles. The number of nitrogens with zero attached hydrogens (tertiary/aromatic N) is 1. The topological polar surface area (TPSA) is 35.3 Å². The number of hydrogen-bond acceptors (Lipinski definition) is 4. The molecule has 0 aliphatic heterocycles. The molecule has 0 N–H and O–H groups in total. The fourth-order valence-corrected chi connectivity index (χ4v) is 3.75. The van der Waals surface area contributed by atoms with Crippen molar-refractivity contribution in [1.82, 2.24) is 4.98 Å². The predicted octanol–water partition coefficient (Wildman–Crippen LogP) is 4.69. The summed E-state index contributed by atoms with van der Waals surface area (Å²) in [7, 11) is -0.657. The van der Waals surface area contributed by atoms with Gasteiger partial charge in [0.2, 0.25) is 0 Å². The first-order valence-electron chi connectivity index (χ1n) is 7.52. The molecule has 2 rings (SSSR count). The fraction of sp³-hybridized carbons (Fsp3) is 0.471. The summed E-state index contributed by atoms with van der Waals surface area (Å²) >= 11 is 1.54. The van der Waals surface area contributed by atoms with E-state index in [1.807, 2.05) is 25.1 Å². The van der Waals surface area contributed by atoms with Gasteiger partial charge in [0.15, 0.2) is 15.5 Å². The Hall–Kier alpha value is -1.04. The van der Waals surface area contributed by atoms with Crippen molar-refractivity contribution in [2.24, 2.45) is 0 Å². The molecule has 3 nitrogen and oxygen atoms in total. The third-order valence-electron chi connectivity index (χ3n) is 3.14. The second-order valence-electron chi connectivity index (χ2n) is 7.17. The van der Waals surface area contributed by atoms with Crippen molar-refractivity contribution in [2.75, 3.05) is 0 Å². The average Bonchev–Trinajstić information content (AvgIpc) is 2.79. The van der Waals surface area contributed by atoms with Gasteiger partial charge in [-0.3, -0.25) is 0 Å². The SMILES string of the molecule is Cc1nc(Sc2ccccc2)oc1C(C)(C)O[SiH2]C(C)(C)C. The Morgan fingerprint density at radius 2 is 1.73 bits per heavy atom. The van der Waals surface area contributed by atoms with E-state index in [1.54, 1.807) is 11.8 Å². The van der Waals surface area contributed by atoms with E-state index in [2.05, 4.69) is 51.7 Å². The number of aromatic nitrogens is 1. The number of benzene rings is 1. The fourth-order valence-electron chi connectivity index (χ4n) is 2.03. The Morgan fingerprint density at radius 1 is 1.09 bits per heavy atom. The molecule has 0 aliphatic rings. The van der Waals surface area contributed by atoms with Crippen LogP contribution >= 0.6 is 11.8 Å². The van der Waals surface area contributed by atoms with Crippen molar-refractivity contribution in [3.05, 3.63) is 41.8 Å². The quantitative estimate of drug-likeness (QED) is 0.743. The molecule has 0 saturated heterocycles. The second-order valence-corrected chi connectivity index (χ2v) is 10.9. The lowest BCUT2D eigenvalue weighted by Crippen LogP contribution is -2.27. The molecule has 1 heterocycles. The highest BCUT2D eigenvalue weighted by atomic mass is 32.2. The van der Waals surface area contributed by atoms with Gasteiger partial charge in [-0.2, -0.15) is 0 Å². The Balaban J connectivity index is 2.15. The van der Waals surface area contributed by atoms with Gasteiger partial charge < -0.3 is 8.84 Å². The number of aryl methyl sites for hydroxylation is 1. The third-order valence-corrected chi connectivity index (χ3v) is 5.73. The molecule has 0 saturated carbocycles. The van der Waals surface area contributed by atoms with E-state index in [0.29, 0.717) is 5.22 Å². The van der Waals surface area contributed by atoms with E-state index in [4.69, 9.17) is 8.84 Å². The molecule has 1 aromatic carbocycles. The average molecular weight is 336 g/mol. The van der Waals surface area contributed by atoms with Crippen LogP contribution in [0.4, 0.5) is 0 Å². The molecular weight excluding hydrogens is 310 g/mol. The maximum atomic E-state index is 6.22. The molecule has 0 radical (unpaired) electrons. The Morgan fingerprint density at radius 3 is 2.32 bits per heavy atom. The standard InChI is InChI=1S/C17H25NO2SSi/c1-12-14(17(5,6)20-22-16(2,3)4)19-15(18-12)21-13-10-8-7-9-11-13/h7-11H,22H2,1-6H3. The zero-order chi connectivity index (χ0) is 16.4. The summed E-state index contributed by atoms with van der Waals surface area (Å²) in [4.78, 5) is 5.67. The Bertz CT molecular complexity index is 617. The molecule has 0 unspecified atom stereocenters.